The van der Waals surface area contributed by atoms with Gasteiger partial charge in [0.2, 0.25) is 0 Å². The highest BCUT2D eigenvalue weighted by molar-refractivity contribution is 4.96. The molecule has 2 saturated heterocycles. The van der Waals surface area contributed by atoms with Crippen molar-refractivity contribution in [3.05, 3.63) is 0 Å². The van der Waals surface area contributed by atoms with Crippen LogP contribution < -0.4 is 0 Å². The summed E-state index contributed by atoms with van der Waals surface area (Å²) in [6.45, 7) is 15.0. The maximum Gasteiger partial charge on any atom is 0.0227 e. The first-order valence-electron chi connectivity index (χ1n) is 11.6. The highest BCUT2D eigenvalue weighted by Gasteiger charge is 2.39. The summed E-state index contributed by atoms with van der Waals surface area (Å²) in [7, 11) is 0. The highest BCUT2D eigenvalue weighted by atomic mass is 15.3. The van der Waals surface area contributed by atoms with E-state index in [1.807, 2.05) is 0 Å². The molecule has 0 aromatic carbocycles. The van der Waals surface area contributed by atoms with Crippen LogP contribution in [0.1, 0.15) is 98.3 Å². The number of fused-ring (bicyclic) bond motifs is 2. The van der Waals surface area contributed by atoms with Gasteiger partial charge in [0.05, 0.1) is 0 Å². The van der Waals surface area contributed by atoms with Gasteiger partial charge in [-0.3, -0.25) is 4.90 Å². The zero-order chi connectivity index (χ0) is 18.1. The molecule has 2 unspecified atom stereocenters. The van der Waals surface area contributed by atoms with E-state index in [0.29, 0.717) is 0 Å². The molecule has 2 heterocycles. The van der Waals surface area contributed by atoms with Crippen molar-refractivity contribution in [2.45, 2.75) is 110 Å². The molecule has 0 radical (unpaired) electrons. The predicted molar refractivity (Wildman–Crippen MR) is 111 cm³/mol. The van der Waals surface area contributed by atoms with E-state index in [2.05, 4.69) is 37.5 Å². The van der Waals surface area contributed by atoms with Gasteiger partial charge in [-0.25, -0.2) is 0 Å². The number of hydrogen-bond donors (Lipinski definition) is 0. The van der Waals surface area contributed by atoms with E-state index in [4.69, 9.17) is 0 Å². The van der Waals surface area contributed by atoms with Crippen LogP contribution in [-0.2, 0) is 0 Å². The Morgan fingerprint density at radius 2 is 1.40 bits per heavy atom. The lowest BCUT2D eigenvalue weighted by Crippen LogP contribution is -2.54. The molecule has 0 aliphatic carbocycles. The SMILES string of the molecule is CCCCCC(C)CN1[C@@H]2CC[C@H]1CN(CCCCC(C)CCC)C2. The first kappa shape index (κ1) is 21.2. The zero-order valence-corrected chi connectivity index (χ0v) is 17.8. The Bertz CT molecular complexity index is 329. The van der Waals surface area contributed by atoms with Gasteiger partial charge < -0.3 is 4.90 Å². The maximum atomic E-state index is 2.90. The molecule has 0 aromatic heterocycles. The average Bonchev–Trinajstić information content (AvgIpc) is 2.81. The van der Waals surface area contributed by atoms with Crippen molar-refractivity contribution in [3.63, 3.8) is 0 Å². The van der Waals surface area contributed by atoms with Crippen LogP contribution >= 0.6 is 0 Å². The summed E-state index contributed by atoms with van der Waals surface area (Å²) in [5, 5.41) is 0. The minimum atomic E-state index is 0.867. The molecule has 2 rings (SSSR count). The summed E-state index contributed by atoms with van der Waals surface area (Å²) in [5.41, 5.74) is 0. The fourth-order valence-corrected chi connectivity index (χ4v) is 5.22. The molecule has 25 heavy (non-hydrogen) atoms. The fraction of sp³-hybridized carbons (Fsp3) is 1.00. The summed E-state index contributed by atoms with van der Waals surface area (Å²) in [6, 6.07) is 1.73. The lowest BCUT2D eigenvalue weighted by molar-refractivity contribution is 0.0539. The molecule has 2 aliphatic rings. The number of unbranched alkanes of at least 4 members (excludes halogenated alkanes) is 3. The standard InChI is InChI=1S/C23H46N2/c1-5-7-8-13-21(4)17-25-22-14-15-23(25)19-24(18-22)16-10-9-12-20(3)11-6-2/h20-23H,5-19H2,1-4H3/t20?,21?,22-,23+. The van der Waals surface area contributed by atoms with Crippen LogP contribution in [0.2, 0.25) is 0 Å². The Morgan fingerprint density at radius 1 is 0.760 bits per heavy atom. The van der Waals surface area contributed by atoms with Gasteiger partial charge in [0.15, 0.2) is 0 Å². The largest absolute Gasteiger partial charge is 0.300 e. The summed E-state index contributed by atoms with van der Waals surface area (Å²) < 4.78 is 0. The van der Waals surface area contributed by atoms with Gasteiger partial charge in [0.1, 0.15) is 0 Å². The van der Waals surface area contributed by atoms with Gasteiger partial charge in [-0.05, 0) is 44.1 Å². The molecule has 0 N–H and O–H groups in total. The summed E-state index contributed by atoms with van der Waals surface area (Å²) in [4.78, 5) is 5.70. The van der Waals surface area contributed by atoms with Crippen molar-refractivity contribution < 1.29 is 0 Å². The first-order valence-corrected chi connectivity index (χ1v) is 11.6. The Kier molecular flexibility index (Phi) is 9.84. The third kappa shape index (κ3) is 7.21. The van der Waals surface area contributed by atoms with Crippen molar-refractivity contribution in [3.8, 4) is 0 Å². The van der Waals surface area contributed by atoms with Crippen molar-refractivity contribution in [2.24, 2.45) is 11.8 Å². The number of rotatable bonds is 13. The van der Waals surface area contributed by atoms with Crippen molar-refractivity contribution in [2.75, 3.05) is 26.2 Å². The molecule has 0 saturated carbocycles. The molecular weight excluding hydrogens is 304 g/mol. The van der Waals surface area contributed by atoms with Crippen molar-refractivity contribution in [1.82, 2.24) is 9.80 Å². The Morgan fingerprint density at radius 3 is 2.04 bits per heavy atom. The quantitative estimate of drug-likeness (QED) is 0.378. The molecule has 2 bridgehead atoms. The average molecular weight is 351 g/mol. The monoisotopic (exact) mass is 350 g/mol. The second-order valence-corrected chi connectivity index (χ2v) is 9.33. The van der Waals surface area contributed by atoms with E-state index >= 15 is 0 Å². The van der Waals surface area contributed by atoms with Gasteiger partial charge in [-0.2, -0.15) is 0 Å². The highest BCUT2D eigenvalue weighted by Crippen LogP contribution is 2.31. The topological polar surface area (TPSA) is 6.48 Å². The van der Waals surface area contributed by atoms with E-state index in [1.54, 1.807) is 0 Å². The number of piperazine rings is 1. The minimum absolute atomic E-state index is 0.867. The summed E-state index contributed by atoms with van der Waals surface area (Å²) in [5.74, 6) is 1.83. The van der Waals surface area contributed by atoms with Gasteiger partial charge in [-0.1, -0.05) is 72.6 Å². The number of hydrogen-bond acceptors (Lipinski definition) is 2. The maximum absolute atomic E-state index is 2.90. The molecule has 4 atom stereocenters. The molecule has 0 amide bonds. The van der Waals surface area contributed by atoms with E-state index in [9.17, 15) is 0 Å². The van der Waals surface area contributed by atoms with Gasteiger partial charge in [-0.15, -0.1) is 0 Å². The first-order chi connectivity index (χ1) is 12.1. The molecule has 2 nitrogen and oxygen atoms in total. The van der Waals surface area contributed by atoms with E-state index in [0.717, 1.165) is 23.9 Å². The molecule has 0 spiro atoms. The second-order valence-electron chi connectivity index (χ2n) is 9.33. The Hall–Kier alpha value is -0.0800. The Labute approximate surface area is 158 Å². The number of likely N-dealkylation sites (tertiary alicyclic amines) is 1. The number of nitrogens with zero attached hydrogens (tertiary/aromatic N) is 2. The van der Waals surface area contributed by atoms with E-state index in [-0.39, 0.29) is 0 Å². The second kappa shape index (κ2) is 11.6. The summed E-state index contributed by atoms with van der Waals surface area (Å²) >= 11 is 0. The molecule has 2 heteroatoms. The van der Waals surface area contributed by atoms with Crippen LogP contribution in [0.4, 0.5) is 0 Å². The zero-order valence-electron chi connectivity index (χ0n) is 17.8. The van der Waals surface area contributed by atoms with Crippen LogP contribution in [0.15, 0.2) is 0 Å². The fourth-order valence-electron chi connectivity index (χ4n) is 5.22. The third-order valence-corrected chi connectivity index (χ3v) is 6.73. The van der Waals surface area contributed by atoms with Crippen molar-refractivity contribution in [1.29, 1.82) is 0 Å². The minimum Gasteiger partial charge on any atom is -0.300 e. The summed E-state index contributed by atoms with van der Waals surface area (Å²) in [6.07, 6.45) is 15.6. The molecule has 2 fully saturated rings. The third-order valence-electron chi connectivity index (χ3n) is 6.73. The molecular formula is C23H46N2. The normalized spacial score (nSPS) is 26.9. The van der Waals surface area contributed by atoms with Gasteiger partial charge in [0, 0.05) is 31.7 Å². The van der Waals surface area contributed by atoms with Crippen LogP contribution in [0.5, 0.6) is 0 Å². The smallest absolute Gasteiger partial charge is 0.0227 e. The van der Waals surface area contributed by atoms with Crippen LogP contribution in [-0.4, -0.2) is 48.1 Å². The van der Waals surface area contributed by atoms with Gasteiger partial charge in [0.25, 0.3) is 0 Å². The lowest BCUT2D eigenvalue weighted by Gasteiger charge is -2.42. The van der Waals surface area contributed by atoms with E-state index in [1.165, 1.54) is 96.8 Å². The van der Waals surface area contributed by atoms with Crippen molar-refractivity contribution >= 4 is 0 Å². The molecule has 2 aliphatic heterocycles. The van der Waals surface area contributed by atoms with Crippen LogP contribution in [0.25, 0.3) is 0 Å². The van der Waals surface area contributed by atoms with E-state index < -0.39 is 0 Å². The predicted octanol–water partition coefficient (Wildman–Crippen LogP) is 5.96. The molecule has 148 valence electrons. The lowest BCUT2D eigenvalue weighted by atomic mass is 9.99. The van der Waals surface area contributed by atoms with Gasteiger partial charge >= 0.3 is 0 Å². The molecule has 0 aromatic rings. The van der Waals surface area contributed by atoms with Crippen LogP contribution in [0, 0.1) is 11.8 Å². The Balaban J connectivity index is 1.64. The van der Waals surface area contributed by atoms with Crippen LogP contribution in [0.3, 0.4) is 0 Å².